The van der Waals surface area contributed by atoms with Crippen LogP contribution in [0.25, 0.3) is 11.3 Å². The summed E-state index contributed by atoms with van der Waals surface area (Å²) in [6.07, 6.45) is 1.44. The zero-order valence-electron chi connectivity index (χ0n) is 14.7. The Morgan fingerprint density at radius 3 is 2.67 bits per heavy atom. The molecule has 8 heteroatoms. The molecule has 1 amide bonds. The second kappa shape index (κ2) is 8.09. The summed E-state index contributed by atoms with van der Waals surface area (Å²) in [5, 5.41) is 9.81. The van der Waals surface area contributed by atoms with Gasteiger partial charge >= 0.3 is 0 Å². The molecule has 0 atom stereocenters. The Hall–Kier alpha value is -3.06. The number of amides is 1. The van der Waals surface area contributed by atoms with Gasteiger partial charge in [-0.3, -0.25) is 9.89 Å². The molecule has 0 aliphatic heterocycles. The third-order valence-electron chi connectivity index (χ3n) is 4.01. The maximum absolute atomic E-state index is 13.1. The fourth-order valence-electron chi connectivity index (χ4n) is 2.61. The van der Waals surface area contributed by atoms with Crippen molar-refractivity contribution >= 4 is 17.5 Å². The summed E-state index contributed by atoms with van der Waals surface area (Å²) in [7, 11) is 3.09. The highest BCUT2D eigenvalue weighted by molar-refractivity contribution is 6.31. The third kappa shape index (κ3) is 4.03. The summed E-state index contributed by atoms with van der Waals surface area (Å²) in [4.78, 5) is 12.6. The maximum atomic E-state index is 13.1. The number of ether oxygens (including phenoxy) is 2. The molecule has 0 aliphatic carbocycles. The molecular formula is C19H17ClFN3O3. The van der Waals surface area contributed by atoms with E-state index in [4.69, 9.17) is 21.1 Å². The van der Waals surface area contributed by atoms with E-state index >= 15 is 0 Å². The van der Waals surface area contributed by atoms with Gasteiger partial charge in [-0.05, 0) is 35.9 Å². The van der Waals surface area contributed by atoms with Gasteiger partial charge < -0.3 is 14.8 Å². The number of hydrogen-bond donors (Lipinski definition) is 2. The van der Waals surface area contributed by atoms with Gasteiger partial charge in [0.2, 0.25) is 0 Å². The zero-order valence-corrected chi connectivity index (χ0v) is 15.4. The average molecular weight is 390 g/mol. The first kappa shape index (κ1) is 18.7. The molecule has 0 saturated heterocycles. The highest BCUT2D eigenvalue weighted by Crippen LogP contribution is 2.32. The van der Waals surface area contributed by atoms with E-state index < -0.39 is 5.82 Å². The summed E-state index contributed by atoms with van der Waals surface area (Å²) < 4.78 is 23.6. The van der Waals surface area contributed by atoms with Crippen molar-refractivity contribution in [3.8, 4) is 22.8 Å². The molecule has 0 saturated carbocycles. The topological polar surface area (TPSA) is 76.2 Å². The number of carbonyl (C=O) groups excluding carboxylic acids is 1. The van der Waals surface area contributed by atoms with E-state index in [0.717, 1.165) is 5.56 Å². The van der Waals surface area contributed by atoms with E-state index in [9.17, 15) is 9.18 Å². The number of benzene rings is 2. The Bertz CT molecular complexity index is 975. The standard InChI is InChI=1S/C19H17ClFN3O3/c1-26-16-6-4-11(7-17(16)27-2)18-14(10-23-24-18)19(25)22-9-12-3-5-13(21)8-15(12)20/h3-8,10H,9H2,1-2H3,(H,22,25)(H,23,24). The van der Waals surface area contributed by atoms with Crippen LogP contribution in [0, 0.1) is 5.82 Å². The summed E-state index contributed by atoms with van der Waals surface area (Å²) in [6.45, 7) is 0.161. The molecule has 1 heterocycles. The van der Waals surface area contributed by atoms with Crippen LogP contribution in [0.2, 0.25) is 5.02 Å². The number of carbonyl (C=O) groups is 1. The monoisotopic (exact) mass is 389 g/mol. The lowest BCUT2D eigenvalue weighted by Crippen LogP contribution is -2.23. The van der Waals surface area contributed by atoms with Gasteiger partial charge in [0, 0.05) is 17.1 Å². The van der Waals surface area contributed by atoms with Crippen LogP contribution in [0.15, 0.2) is 42.6 Å². The maximum Gasteiger partial charge on any atom is 0.255 e. The first-order valence-corrected chi connectivity index (χ1v) is 8.39. The number of methoxy groups -OCH3 is 2. The van der Waals surface area contributed by atoms with Crippen LogP contribution in [0.3, 0.4) is 0 Å². The van der Waals surface area contributed by atoms with Crippen molar-refractivity contribution in [3.05, 3.63) is 64.6 Å². The van der Waals surface area contributed by atoms with Gasteiger partial charge in [-0.25, -0.2) is 4.39 Å². The van der Waals surface area contributed by atoms with Gasteiger partial charge in [0.1, 0.15) is 5.82 Å². The van der Waals surface area contributed by atoms with Crippen molar-refractivity contribution in [1.82, 2.24) is 15.5 Å². The van der Waals surface area contributed by atoms with Crippen molar-refractivity contribution in [1.29, 1.82) is 0 Å². The minimum Gasteiger partial charge on any atom is -0.493 e. The fourth-order valence-corrected chi connectivity index (χ4v) is 2.84. The molecule has 6 nitrogen and oxygen atoms in total. The Morgan fingerprint density at radius 2 is 1.96 bits per heavy atom. The first-order chi connectivity index (χ1) is 13.0. The van der Waals surface area contributed by atoms with E-state index in [0.29, 0.717) is 28.3 Å². The lowest BCUT2D eigenvalue weighted by atomic mass is 10.1. The average Bonchev–Trinajstić information content (AvgIpc) is 3.16. The van der Waals surface area contributed by atoms with E-state index in [2.05, 4.69) is 15.5 Å². The second-order valence-corrected chi connectivity index (χ2v) is 6.05. The molecule has 0 radical (unpaired) electrons. The van der Waals surface area contributed by atoms with E-state index in [-0.39, 0.29) is 17.5 Å². The number of aromatic amines is 1. The molecule has 3 rings (SSSR count). The number of nitrogens with one attached hydrogen (secondary N) is 2. The molecule has 2 N–H and O–H groups in total. The van der Waals surface area contributed by atoms with Gasteiger partial charge in [0.15, 0.2) is 11.5 Å². The van der Waals surface area contributed by atoms with Crippen molar-refractivity contribution in [2.75, 3.05) is 14.2 Å². The van der Waals surface area contributed by atoms with Gasteiger partial charge in [0.25, 0.3) is 5.91 Å². The largest absolute Gasteiger partial charge is 0.493 e. The molecule has 0 bridgehead atoms. The molecule has 0 aliphatic rings. The summed E-state index contributed by atoms with van der Waals surface area (Å²) >= 11 is 5.99. The van der Waals surface area contributed by atoms with Crippen LogP contribution in [0.4, 0.5) is 4.39 Å². The van der Waals surface area contributed by atoms with Crippen LogP contribution in [0.1, 0.15) is 15.9 Å². The number of H-pyrrole nitrogens is 1. The lowest BCUT2D eigenvalue weighted by Gasteiger charge is -2.10. The van der Waals surface area contributed by atoms with E-state index in [1.807, 2.05) is 0 Å². The molecular weight excluding hydrogens is 373 g/mol. The van der Waals surface area contributed by atoms with Gasteiger partial charge in [-0.1, -0.05) is 17.7 Å². The molecule has 140 valence electrons. The number of hydrogen-bond acceptors (Lipinski definition) is 4. The van der Waals surface area contributed by atoms with Gasteiger partial charge in [-0.15, -0.1) is 0 Å². The fraction of sp³-hybridized carbons (Fsp3) is 0.158. The van der Waals surface area contributed by atoms with Crippen molar-refractivity contribution in [2.24, 2.45) is 0 Å². The Kier molecular flexibility index (Phi) is 5.61. The minimum atomic E-state index is -0.430. The summed E-state index contributed by atoms with van der Waals surface area (Å²) in [5.41, 5.74) is 2.23. The lowest BCUT2D eigenvalue weighted by molar-refractivity contribution is 0.0951. The minimum absolute atomic E-state index is 0.161. The van der Waals surface area contributed by atoms with Crippen LogP contribution in [0.5, 0.6) is 11.5 Å². The molecule has 1 aromatic heterocycles. The molecule has 27 heavy (non-hydrogen) atoms. The number of nitrogens with zero attached hydrogens (tertiary/aromatic N) is 1. The zero-order chi connectivity index (χ0) is 19.4. The second-order valence-electron chi connectivity index (χ2n) is 5.65. The van der Waals surface area contributed by atoms with Crippen molar-refractivity contribution < 1.29 is 18.7 Å². The predicted octanol–water partition coefficient (Wildman–Crippen LogP) is 3.82. The van der Waals surface area contributed by atoms with Crippen molar-refractivity contribution in [3.63, 3.8) is 0 Å². The van der Waals surface area contributed by atoms with Gasteiger partial charge in [0.05, 0.1) is 31.7 Å². The first-order valence-electron chi connectivity index (χ1n) is 8.01. The number of halogens is 2. The highest BCUT2D eigenvalue weighted by atomic mass is 35.5. The molecule has 0 spiro atoms. The molecule has 2 aromatic carbocycles. The van der Waals surface area contributed by atoms with E-state index in [1.54, 1.807) is 25.3 Å². The van der Waals surface area contributed by atoms with Gasteiger partial charge in [-0.2, -0.15) is 5.10 Å². The molecule has 0 unspecified atom stereocenters. The highest BCUT2D eigenvalue weighted by Gasteiger charge is 2.17. The number of rotatable bonds is 6. The molecule has 0 fully saturated rings. The predicted molar refractivity (Wildman–Crippen MR) is 99.7 cm³/mol. The smallest absolute Gasteiger partial charge is 0.255 e. The summed E-state index contributed by atoms with van der Waals surface area (Å²) in [6, 6.07) is 9.32. The number of aromatic nitrogens is 2. The van der Waals surface area contributed by atoms with Crippen molar-refractivity contribution in [2.45, 2.75) is 6.54 Å². The third-order valence-corrected chi connectivity index (χ3v) is 4.36. The quantitative estimate of drug-likeness (QED) is 0.672. The normalized spacial score (nSPS) is 10.5. The van der Waals surface area contributed by atoms with Crippen LogP contribution >= 0.6 is 11.6 Å². The molecule has 3 aromatic rings. The van der Waals surface area contributed by atoms with Crippen LogP contribution in [-0.4, -0.2) is 30.3 Å². The summed E-state index contributed by atoms with van der Waals surface area (Å²) in [5.74, 6) is 0.348. The van der Waals surface area contributed by atoms with Crippen LogP contribution < -0.4 is 14.8 Å². The Balaban J connectivity index is 1.81. The van der Waals surface area contributed by atoms with E-state index in [1.165, 1.54) is 31.5 Å². The Morgan fingerprint density at radius 1 is 1.19 bits per heavy atom. The Labute approximate surface area is 160 Å². The SMILES string of the molecule is COc1ccc(-c2[nH]ncc2C(=O)NCc2ccc(F)cc2Cl)cc1OC. The van der Waals surface area contributed by atoms with Crippen LogP contribution in [-0.2, 0) is 6.54 Å².